The van der Waals surface area contributed by atoms with Crippen LogP contribution in [-0.4, -0.2) is 55.7 Å². The summed E-state index contributed by atoms with van der Waals surface area (Å²) < 4.78 is 26.3. The minimum absolute atomic E-state index is 0.0894. The minimum atomic E-state index is -3.21. The van der Waals surface area contributed by atoms with Gasteiger partial charge in [0.05, 0.1) is 5.25 Å². The van der Waals surface area contributed by atoms with Gasteiger partial charge in [0.15, 0.2) is 0 Å². The lowest BCUT2D eigenvalue weighted by Crippen LogP contribution is -2.46. The van der Waals surface area contributed by atoms with Crippen molar-refractivity contribution in [3.8, 4) is 0 Å². The smallest absolute Gasteiger partial charge is 0.217 e. The first-order chi connectivity index (χ1) is 8.27. The maximum absolute atomic E-state index is 12.4. The van der Waals surface area contributed by atoms with Crippen molar-refractivity contribution < 1.29 is 8.42 Å². The summed E-state index contributed by atoms with van der Waals surface area (Å²) in [4.78, 5) is 0. The van der Waals surface area contributed by atoms with Crippen molar-refractivity contribution in [2.24, 2.45) is 0 Å². The second kappa shape index (κ2) is 8.40. The average molecular weight is 297 g/mol. The number of hydrogen-bond acceptors (Lipinski definition) is 4. The fourth-order valence-corrected chi connectivity index (χ4v) is 4.12. The maximum Gasteiger partial charge on any atom is 0.217 e. The minimum Gasteiger partial charge on any atom is -0.313 e. The highest BCUT2D eigenvalue weighted by Crippen LogP contribution is 2.15. The third-order valence-corrected chi connectivity index (χ3v) is 6.07. The van der Waals surface area contributed by atoms with Crippen LogP contribution < -0.4 is 5.32 Å². The van der Waals surface area contributed by atoms with Crippen molar-refractivity contribution in [1.82, 2.24) is 9.62 Å². The zero-order valence-electron chi connectivity index (χ0n) is 12.4. The van der Waals surface area contributed by atoms with Crippen LogP contribution in [0.2, 0.25) is 0 Å². The van der Waals surface area contributed by atoms with E-state index in [4.69, 9.17) is 0 Å². The van der Waals surface area contributed by atoms with Gasteiger partial charge in [-0.1, -0.05) is 20.8 Å². The van der Waals surface area contributed by atoms with Crippen LogP contribution in [0.4, 0.5) is 0 Å². The van der Waals surface area contributed by atoms with Crippen LogP contribution in [0, 0.1) is 0 Å². The lowest BCUT2D eigenvalue weighted by Gasteiger charge is -2.29. The molecule has 0 aromatic carbocycles. The molecule has 2 unspecified atom stereocenters. The van der Waals surface area contributed by atoms with Crippen molar-refractivity contribution in [2.45, 2.75) is 51.4 Å². The Hall–Kier alpha value is 0.220. The molecule has 110 valence electrons. The van der Waals surface area contributed by atoms with E-state index in [1.807, 2.05) is 27.0 Å². The fraction of sp³-hybridized carbons (Fsp3) is 1.00. The van der Waals surface area contributed by atoms with Crippen LogP contribution in [0.3, 0.4) is 0 Å². The van der Waals surface area contributed by atoms with Gasteiger partial charge < -0.3 is 5.32 Å². The fourth-order valence-electron chi connectivity index (χ4n) is 1.67. The molecule has 0 amide bonds. The molecule has 0 saturated carbocycles. The van der Waals surface area contributed by atoms with Gasteiger partial charge in [0.2, 0.25) is 10.0 Å². The average Bonchev–Trinajstić information content (AvgIpc) is 2.31. The molecule has 4 nitrogen and oxygen atoms in total. The monoisotopic (exact) mass is 296 g/mol. The molecule has 6 heteroatoms. The third-order valence-electron chi connectivity index (χ3n) is 3.07. The van der Waals surface area contributed by atoms with Gasteiger partial charge in [-0.2, -0.15) is 11.8 Å². The maximum atomic E-state index is 12.4. The molecule has 0 bridgehead atoms. The summed E-state index contributed by atoms with van der Waals surface area (Å²) in [7, 11) is -1.51. The Kier molecular flexibility index (Phi) is 8.51. The molecule has 2 atom stereocenters. The number of thioether (sulfide) groups is 1. The summed E-state index contributed by atoms with van der Waals surface area (Å²) in [6, 6.07) is 0.396. The Labute approximate surface area is 117 Å². The Bertz CT molecular complexity index is 318. The van der Waals surface area contributed by atoms with Crippen LogP contribution in [0.15, 0.2) is 0 Å². The summed E-state index contributed by atoms with van der Waals surface area (Å²) in [6.45, 7) is 8.34. The number of hydrogen-bond donors (Lipinski definition) is 1. The first-order valence-electron chi connectivity index (χ1n) is 6.46. The largest absolute Gasteiger partial charge is 0.313 e. The van der Waals surface area contributed by atoms with Crippen LogP contribution >= 0.6 is 11.8 Å². The van der Waals surface area contributed by atoms with E-state index in [9.17, 15) is 8.42 Å². The Morgan fingerprint density at radius 1 is 1.28 bits per heavy atom. The molecule has 0 aromatic heterocycles. The predicted molar refractivity (Wildman–Crippen MR) is 81.7 cm³/mol. The number of nitrogens with zero attached hydrogens (tertiary/aromatic N) is 1. The summed E-state index contributed by atoms with van der Waals surface area (Å²) in [5.74, 6) is 0.844. The molecule has 0 aliphatic rings. The molecule has 0 heterocycles. The van der Waals surface area contributed by atoms with Crippen molar-refractivity contribution >= 4 is 21.8 Å². The van der Waals surface area contributed by atoms with Crippen molar-refractivity contribution in [1.29, 1.82) is 0 Å². The van der Waals surface area contributed by atoms with E-state index in [1.165, 1.54) is 0 Å². The van der Waals surface area contributed by atoms with E-state index in [0.29, 0.717) is 12.6 Å². The molecule has 0 aromatic rings. The number of nitrogens with one attached hydrogen (secondary N) is 1. The van der Waals surface area contributed by atoms with Crippen LogP contribution in [0.1, 0.15) is 34.1 Å². The molecular formula is C12H28N2O2S2. The van der Waals surface area contributed by atoms with Gasteiger partial charge in [-0.3, -0.25) is 0 Å². The Balaban J connectivity index is 4.68. The van der Waals surface area contributed by atoms with E-state index in [0.717, 1.165) is 12.2 Å². The third kappa shape index (κ3) is 5.47. The molecular weight excluding hydrogens is 268 g/mol. The molecule has 0 fully saturated rings. The molecule has 0 rings (SSSR count). The van der Waals surface area contributed by atoms with Crippen molar-refractivity contribution in [2.75, 3.05) is 25.6 Å². The van der Waals surface area contributed by atoms with Gasteiger partial charge >= 0.3 is 0 Å². The zero-order chi connectivity index (χ0) is 14.3. The zero-order valence-corrected chi connectivity index (χ0v) is 14.1. The molecule has 0 saturated heterocycles. The second-order valence-electron chi connectivity index (χ2n) is 4.95. The summed E-state index contributed by atoms with van der Waals surface area (Å²) >= 11 is 1.69. The predicted octanol–water partition coefficient (Wildman–Crippen LogP) is 1.78. The number of rotatable bonds is 9. The van der Waals surface area contributed by atoms with Crippen molar-refractivity contribution in [3.63, 3.8) is 0 Å². The van der Waals surface area contributed by atoms with E-state index < -0.39 is 10.0 Å². The van der Waals surface area contributed by atoms with E-state index in [1.54, 1.807) is 30.0 Å². The second-order valence-corrected chi connectivity index (χ2v) is 8.27. The highest BCUT2D eigenvalue weighted by molar-refractivity contribution is 7.98. The van der Waals surface area contributed by atoms with Crippen molar-refractivity contribution in [3.05, 3.63) is 0 Å². The molecule has 0 spiro atoms. The normalized spacial score (nSPS) is 16.2. The van der Waals surface area contributed by atoms with Gasteiger partial charge in [0, 0.05) is 31.4 Å². The van der Waals surface area contributed by atoms with Gasteiger partial charge in [-0.15, -0.1) is 0 Å². The molecule has 18 heavy (non-hydrogen) atoms. The van der Waals surface area contributed by atoms with Gasteiger partial charge in [0.25, 0.3) is 0 Å². The van der Waals surface area contributed by atoms with Gasteiger partial charge in [0.1, 0.15) is 0 Å². The molecule has 1 N–H and O–H groups in total. The van der Waals surface area contributed by atoms with E-state index in [-0.39, 0.29) is 11.3 Å². The quantitative estimate of drug-likeness (QED) is 0.704. The van der Waals surface area contributed by atoms with Gasteiger partial charge in [-0.05, 0) is 19.6 Å². The Morgan fingerprint density at radius 3 is 2.22 bits per heavy atom. The van der Waals surface area contributed by atoms with Crippen LogP contribution in [0.5, 0.6) is 0 Å². The molecule has 0 radical (unpaired) electrons. The lowest BCUT2D eigenvalue weighted by atomic mass is 10.3. The Morgan fingerprint density at radius 2 is 1.83 bits per heavy atom. The highest BCUT2D eigenvalue weighted by Gasteiger charge is 2.30. The standard InChI is InChI=1S/C12H28N2O2S2/c1-7-12(9-17-6)14(5)18(15,16)11(4)8-13-10(2)3/h10-13H,7-9H2,1-6H3. The first kappa shape index (κ1) is 18.2. The molecule has 0 aliphatic carbocycles. The van der Waals surface area contributed by atoms with Crippen LogP contribution in [0.25, 0.3) is 0 Å². The van der Waals surface area contributed by atoms with Gasteiger partial charge in [-0.25, -0.2) is 12.7 Å². The summed E-state index contributed by atoms with van der Waals surface area (Å²) in [6.07, 6.45) is 2.85. The van der Waals surface area contributed by atoms with Crippen LogP contribution in [-0.2, 0) is 10.0 Å². The lowest BCUT2D eigenvalue weighted by molar-refractivity contribution is 0.378. The van der Waals surface area contributed by atoms with E-state index in [2.05, 4.69) is 5.32 Å². The topological polar surface area (TPSA) is 49.4 Å². The summed E-state index contributed by atoms with van der Waals surface area (Å²) in [5, 5.41) is 2.80. The number of sulfonamides is 1. The summed E-state index contributed by atoms with van der Waals surface area (Å²) in [5.41, 5.74) is 0. The van der Waals surface area contributed by atoms with E-state index >= 15 is 0 Å². The highest BCUT2D eigenvalue weighted by atomic mass is 32.2. The molecule has 0 aliphatic heterocycles. The first-order valence-corrected chi connectivity index (χ1v) is 9.36. The SMILES string of the molecule is CCC(CSC)N(C)S(=O)(=O)C(C)CNC(C)C.